The predicted octanol–water partition coefficient (Wildman–Crippen LogP) is 4.58. The van der Waals surface area contributed by atoms with Crippen LogP contribution in [0, 0.1) is 0 Å². The highest BCUT2D eigenvalue weighted by atomic mass is 28.4. The van der Waals surface area contributed by atoms with Crippen molar-refractivity contribution >= 4 is 8.32 Å². The third-order valence-corrected chi connectivity index (χ3v) is 7.09. The monoisotopic (exact) mass is 268 g/mol. The van der Waals surface area contributed by atoms with Crippen LogP contribution in [0.2, 0.25) is 13.1 Å². The minimum Gasteiger partial charge on any atom is -0.417 e. The fourth-order valence-electron chi connectivity index (χ4n) is 3.36. The first-order valence-corrected chi connectivity index (χ1v) is 9.96. The molecule has 0 bridgehead atoms. The van der Waals surface area contributed by atoms with E-state index < -0.39 is 8.32 Å². The van der Waals surface area contributed by atoms with Gasteiger partial charge in [0.15, 0.2) is 8.32 Å². The molecule has 98 valence electrons. The molecule has 2 aromatic carbocycles. The maximum absolute atomic E-state index is 6.17. The van der Waals surface area contributed by atoms with Crippen molar-refractivity contribution in [2.45, 2.75) is 25.6 Å². The van der Waals surface area contributed by atoms with Gasteiger partial charge in [-0.2, -0.15) is 0 Å². The Morgan fingerprint density at radius 2 is 1.37 bits per heavy atom. The number of hydrogen-bond acceptors (Lipinski definition) is 1. The molecule has 0 unspecified atom stereocenters. The Morgan fingerprint density at radius 1 is 0.895 bits per heavy atom. The zero-order valence-corrected chi connectivity index (χ0v) is 12.8. The Morgan fingerprint density at radius 3 is 1.84 bits per heavy atom. The summed E-state index contributed by atoms with van der Waals surface area (Å²) in [6.45, 7) is 7.57. The van der Waals surface area contributed by atoms with E-state index in [1.165, 1.54) is 22.3 Å². The molecular weight excluding hydrogens is 248 g/mol. The lowest BCUT2D eigenvalue weighted by Crippen LogP contribution is -2.38. The van der Waals surface area contributed by atoms with Gasteiger partial charge in [-0.25, -0.2) is 0 Å². The number of benzene rings is 2. The summed E-state index contributed by atoms with van der Waals surface area (Å²) in [5.41, 5.74) is 6.15. The molecule has 0 spiro atoms. The Balaban J connectivity index is 2.20. The summed E-state index contributed by atoms with van der Waals surface area (Å²) in [7, 11) is -1.77. The van der Waals surface area contributed by atoms with Crippen molar-refractivity contribution in [1.82, 2.24) is 0 Å². The fourth-order valence-corrected chi connectivity index (χ4v) is 6.27. The van der Waals surface area contributed by atoms with Gasteiger partial charge in [0.05, 0.1) is 0 Å². The fraction of sp³-hybridized carbons (Fsp3) is 0.294. The topological polar surface area (TPSA) is 9.23 Å². The van der Waals surface area contributed by atoms with Gasteiger partial charge in [0, 0.05) is 12.1 Å². The average Bonchev–Trinajstić information content (AvgIpc) is 2.74. The molecule has 19 heavy (non-hydrogen) atoms. The molecule has 1 nitrogen and oxygen atoms in total. The quantitative estimate of drug-likeness (QED) is 0.740. The molecule has 0 fully saturated rings. The van der Waals surface area contributed by atoms with Gasteiger partial charge in [-0.3, -0.25) is 0 Å². The first kappa shape index (κ1) is 12.6. The number of rotatable bonds is 3. The van der Waals surface area contributed by atoms with E-state index in [4.69, 9.17) is 4.43 Å². The van der Waals surface area contributed by atoms with Crippen molar-refractivity contribution < 1.29 is 4.43 Å². The molecule has 0 aliphatic heterocycles. The van der Waals surface area contributed by atoms with Gasteiger partial charge in [-0.15, -0.1) is 0 Å². The van der Waals surface area contributed by atoms with E-state index in [0.717, 1.165) is 6.61 Å². The summed E-state index contributed by atoms with van der Waals surface area (Å²) < 4.78 is 6.17. The van der Waals surface area contributed by atoms with Crippen molar-refractivity contribution in [1.29, 1.82) is 0 Å². The van der Waals surface area contributed by atoms with Gasteiger partial charge >= 0.3 is 0 Å². The second-order valence-corrected chi connectivity index (χ2v) is 9.72. The van der Waals surface area contributed by atoms with Crippen LogP contribution in [0.25, 0.3) is 11.1 Å². The maximum Gasteiger partial charge on any atom is 0.198 e. The van der Waals surface area contributed by atoms with Crippen LogP contribution in [-0.2, 0) is 4.43 Å². The Labute approximate surface area is 116 Å². The van der Waals surface area contributed by atoms with Gasteiger partial charge in [0.1, 0.15) is 0 Å². The van der Waals surface area contributed by atoms with Crippen LogP contribution in [0.5, 0.6) is 0 Å². The molecule has 2 heteroatoms. The summed E-state index contributed by atoms with van der Waals surface area (Å²) in [4.78, 5) is 0. The minimum absolute atomic E-state index is 0.458. The van der Waals surface area contributed by atoms with Crippen molar-refractivity contribution in [3.63, 3.8) is 0 Å². The molecule has 0 radical (unpaired) electrons. The highest BCUT2D eigenvalue weighted by Gasteiger charge is 2.41. The molecule has 0 aromatic heterocycles. The van der Waals surface area contributed by atoms with Crippen LogP contribution < -0.4 is 0 Å². The van der Waals surface area contributed by atoms with Gasteiger partial charge in [-0.05, 0) is 42.3 Å². The smallest absolute Gasteiger partial charge is 0.198 e. The Hall–Kier alpha value is -1.38. The van der Waals surface area contributed by atoms with Crippen LogP contribution >= 0.6 is 0 Å². The summed E-state index contributed by atoms with van der Waals surface area (Å²) in [6, 6.07) is 17.6. The molecule has 1 aliphatic carbocycles. The van der Waals surface area contributed by atoms with Crippen LogP contribution in [0.4, 0.5) is 0 Å². The van der Waals surface area contributed by atoms with Crippen LogP contribution in [0.15, 0.2) is 48.5 Å². The molecule has 0 atom stereocenters. The number of hydrogen-bond donors (Lipinski definition) is 0. The summed E-state index contributed by atoms with van der Waals surface area (Å²) in [5, 5.41) is 0. The lowest BCUT2D eigenvalue weighted by Gasteiger charge is -2.30. The van der Waals surface area contributed by atoms with E-state index in [0.29, 0.717) is 5.54 Å². The van der Waals surface area contributed by atoms with E-state index in [1.807, 2.05) is 0 Å². The second kappa shape index (κ2) is 4.62. The van der Waals surface area contributed by atoms with Crippen LogP contribution in [-0.4, -0.2) is 14.9 Å². The highest BCUT2D eigenvalue weighted by molar-refractivity contribution is 6.73. The molecule has 1 aliphatic rings. The maximum atomic E-state index is 6.17. The second-order valence-electron chi connectivity index (χ2n) is 5.64. The summed E-state index contributed by atoms with van der Waals surface area (Å²) in [6.07, 6.45) is 0. The lowest BCUT2D eigenvalue weighted by molar-refractivity contribution is 0.324. The number of fused-ring (bicyclic) bond motifs is 3. The van der Waals surface area contributed by atoms with Crippen LogP contribution in [0.1, 0.15) is 23.6 Å². The van der Waals surface area contributed by atoms with Crippen molar-refractivity contribution in [3.05, 3.63) is 59.7 Å². The zero-order chi connectivity index (χ0) is 13.5. The predicted molar refractivity (Wildman–Crippen MR) is 82.8 cm³/mol. The zero-order valence-electron chi connectivity index (χ0n) is 11.8. The summed E-state index contributed by atoms with van der Waals surface area (Å²) in [5.74, 6) is 0. The standard InChI is InChI=1S/C17H20OSi/c1-4-18-19(2,3)17-15-11-7-5-9-13(15)14-10-6-8-12-16(14)17/h5-12,17H,4H2,1-3H3. The third-order valence-electron chi connectivity index (χ3n) is 4.05. The molecule has 0 N–H and O–H groups in total. The van der Waals surface area contributed by atoms with Crippen LogP contribution in [0.3, 0.4) is 0 Å². The summed E-state index contributed by atoms with van der Waals surface area (Å²) >= 11 is 0. The van der Waals surface area contributed by atoms with Gasteiger partial charge in [0.2, 0.25) is 0 Å². The molecule has 0 heterocycles. The first-order chi connectivity index (χ1) is 9.15. The van der Waals surface area contributed by atoms with Gasteiger partial charge < -0.3 is 4.43 Å². The van der Waals surface area contributed by atoms with E-state index in [2.05, 4.69) is 68.5 Å². The van der Waals surface area contributed by atoms with E-state index in [-0.39, 0.29) is 0 Å². The van der Waals surface area contributed by atoms with Crippen molar-refractivity contribution in [3.8, 4) is 11.1 Å². The lowest BCUT2D eigenvalue weighted by atomic mass is 10.1. The largest absolute Gasteiger partial charge is 0.417 e. The SMILES string of the molecule is CCO[Si](C)(C)C1c2ccccc2-c2ccccc21. The third kappa shape index (κ3) is 1.95. The van der Waals surface area contributed by atoms with E-state index in [1.54, 1.807) is 0 Å². The first-order valence-electron chi connectivity index (χ1n) is 6.97. The molecular formula is C17H20OSi. The van der Waals surface area contributed by atoms with E-state index >= 15 is 0 Å². The normalized spacial score (nSPS) is 14.3. The molecule has 2 aromatic rings. The van der Waals surface area contributed by atoms with E-state index in [9.17, 15) is 0 Å². The molecule has 3 rings (SSSR count). The molecule has 0 amide bonds. The van der Waals surface area contributed by atoms with Gasteiger partial charge in [0.25, 0.3) is 0 Å². The highest BCUT2D eigenvalue weighted by Crippen LogP contribution is 2.48. The Kier molecular flexibility index (Phi) is 3.07. The molecule has 0 saturated heterocycles. The van der Waals surface area contributed by atoms with Crippen molar-refractivity contribution in [2.75, 3.05) is 6.61 Å². The Bertz CT molecular complexity index is 558. The average molecular weight is 268 g/mol. The minimum atomic E-state index is -1.77. The van der Waals surface area contributed by atoms with Gasteiger partial charge in [-0.1, -0.05) is 48.5 Å². The van der Waals surface area contributed by atoms with Crippen molar-refractivity contribution in [2.24, 2.45) is 0 Å². The molecule has 0 saturated carbocycles.